The molecule has 0 aliphatic carbocycles. The molecule has 0 aliphatic heterocycles. The Morgan fingerprint density at radius 2 is 2.05 bits per heavy atom. The molecule has 0 spiro atoms. The summed E-state index contributed by atoms with van der Waals surface area (Å²) in [5.74, 6) is -0.577. The number of hydrogen-bond donors (Lipinski definition) is 1. The first-order valence-corrected chi connectivity index (χ1v) is 7.66. The molecule has 1 N–H and O–H groups in total. The standard InChI is InChI=1S/C14H12ClFNO2S/c1-10-2-5-12(6-3-10)20(18,19)17-9-11-4-7-13(15)14(16)8-11/h2,4-8,17H,9H2,1H3. The molecule has 0 saturated heterocycles. The Bertz CT molecular complexity index is 714. The number of aryl methyl sites for hydroxylation is 1. The van der Waals surface area contributed by atoms with Crippen molar-refractivity contribution < 1.29 is 12.8 Å². The second-order valence-electron chi connectivity index (χ2n) is 4.28. The Labute approximate surface area is 122 Å². The Morgan fingerprint density at radius 1 is 1.30 bits per heavy atom. The van der Waals surface area contributed by atoms with Gasteiger partial charge in [0.05, 0.1) is 9.92 Å². The van der Waals surface area contributed by atoms with Crippen molar-refractivity contribution in [2.75, 3.05) is 0 Å². The Morgan fingerprint density at radius 3 is 2.65 bits per heavy atom. The lowest BCUT2D eigenvalue weighted by atomic mass is 10.2. The molecule has 6 heteroatoms. The molecule has 0 bridgehead atoms. The van der Waals surface area contributed by atoms with Crippen molar-refractivity contribution in [2.45, 2.75) is 18.4 Å². The number of benzene rings is 2. The minimum atomic E-state index is -3.63. The van der Waals surface area contributed by atoms with Gasteiger partial charge in [-0.3, -0.25) is 0 Å². The van der Waals surface area contributed by atoms with Crippen molar-refractivity contribution in [3.63, 3.8) is 0 Å². The van der Waals surface area contributed by atoms with Crippen LogP contribution in [0, 0.1) is 18.8 Å². The molecule has 0 aliphatic rings. The molecule has 0 aromatic heterocycles. The number of nitrogens with one attached hydrogen (secondary N) is 1. The highest BCUT2D eigenvalue weighted by molar-refractivity contribution is 7.89. The van der Waals surface area contributed by atoms with Crippen LogP contribution < -0.4 is 4.72 Å². The van der Waals surface area contributed by atoms with Crippen molar-refractivity contribution >= 4 is 21.6 Å². The summed E-state index contributed by atoms with van der Waals surface area (Å²) in [6, 6.07) is 11.5. The molecule has 0 unspecified atom stereocenters. The molecule has 1 radical (unpaired) electrons. The zero-order valence-corrected chi connectivity index (χ0v) is 12.2. The van der Waals surface area contributed by atoms with Crippen LogP contribution in [0.15, 0.2) is 41.3 Å². The van der Waals surface area contributed by atoms with Gasteiger partial charge >= 0.3 is 0 Å². The number of rotatable bonds is 4. The fourth-order valence-corrected chi connectivity index (χ4v) is 2.67. The predicted molar refractivity (Wildman–Crippen MR) is 75.5 cm³/mol. The quantitative estimate of drug-likeness (QED) is 0.943. The third-order valence-electron chi connectivity index (χ3n) is 2.70. The largest absolute Gasteiger partial charge is 0.240 e. The highest BCUT2D eigenvalue weighted by Gasteiger charge is 2.13. The van der Waals surface area contributed by atoms with Crippen molar-refractivity contribution in [1.82, 2.24) is 4.72 Å². The summed E-state index contributed by atoms with van der Waals surface area (Å²) in [6.07, 6.45) is 0. The van der Waals surface area contributed by atoms with E-state index in [4.69, 9.17) is 11.6 Å². The highest BCUT2D eigenvalue weighted by Crippen LogP contribution is 2.16. The lowest BCUT2D eigenvalue weighted by Crippen LogP contribution is -2.23. The summed E-state index contributed by atoms with van der Waals surface area (Å²) in [5.41, 5.74) is 1.34. The van der Waals surface area contributed by atoms with E-state index in [0.717, 1.165) is 5.56 Å². The summed E-state index contributed by atoms with van der Waals surface area (Å²) >= 11 is 5.56. The van der Waals surface area contributed by atoms with Crippen LogP contribution in [0.3, 0.4) is 0 Å². The molecule has 0 fully saturated rings. The van der Waals surface area contributed by atoms with E-state index in [-0.39, 0.29) is 16.5 Å². The Kier molecular flexibility index (Phi) is 4.42. The van der Waals surface area contributed by atoms with E-state index in [1.165, 1.54) is 24.3 Å². The highest BCUT2D eigenvalue weighted by atomic mass is 35.5. The second kappa shape index (κ2) is 5.91. The molecule has 105 valence electrons. The lowest BCUT2D eigenvalue weighted by Gasteiger charge is -2.07. The molecule has 0 heterocycles. The monoisotopic (exact) mass is 312 g/mol. The average Bonchev–Trinajstić information content (AvgIpc) is 2.41. The van der Waals surface area contributed by atoms with E-state index in [0.29, 0.717) is 5.56 Å². The predicted octanol–water partition coefficient (Wildman–Crippen LogP) is 3.07. The SMILES string of the molecule is Cc1[c]cc(S(=O)(=O)NCc2ccc(Cl)c(F)c2)cc1. The van der Waals surface area contributed by atoms with Gasteiger partial charge in [-0.05, 0) is 48.4 Å². The van der Waals surface area contributed by atoms with Crippen LogP contribution in [0.2, 0.25) is 5.02 Å². The first kappa shape index (κ1) is 15.0. The van der Waals surface area contributed by atoms with Crippen LogP contribution in [0.1, 0.15) is 11.1 Å². The van der Waals surface area contributed by atoms with E-state index in [9.17, 15) is 12.8 Å². The van der Waals surface area contributed by atoms with Crippen molar-refractivity contribution in [3.05, 3.63) is 64.4 Å². The van der Waals surface area contributed by atoms with Gasteiger partial charge < -0.3 is 0 Å². The fraction of sp³-hybridized carbons (Fsp3) is 0.143. The van der Waals surface area contributed by atoms with Gasteiger partial charge in [-0.25, -0.2) is 17.5 Å². The van der Waals surface area contributed by atoms with Crippen LogP contribution in [0.5, 0.6) is 0 Å². The third kappa shape index (κ3) is 3.56. The normalized spacial score (nSPS) is 11.6. The molecule has 0 saturated carbocycles. The first-order valence-electron chi connectivity index (χ1n) is 5.80. The maximum Gasteiger partial charge on any atom is 0.240 e. The van der Waals surface area contributed by atoms with E-state index < -0.39 is 15.8 Å². The average molecular weight is 313 g/mol. The summed E-state index contributed by atoms with van der Waals surface area (Å²) in [5, 5.41) is 0.00439. The molecule has 2 rings (SSSR count). The zero-order valence-electron chi connectivity index (χ0n) is 10.7. The van der Waals surface area contributed by atoms with Crippen molar-refractivity contribution in [2.24, 2.45) is 0 Å². The van der Waals surface area contributed by atoms with Crippen LogP contribution in [-0.4, -0.2) is 8.42 Å². The summed E-state index contributed by atoms with van der Waals surface area (Å²) in [6.45, 7) is 1.81. The van der Waals surface area contributed by atoms with Gasteiger partial charge in [-0.1, -0.05) is 23.7 Å². The summed E-state index contributed by atoms with van der Waals surface area (Å²) < 4.78 is 39.7. The maximum atomic E-state index is 13.3. The van der Waals surface area contributed by atoms with Crippen molar-refractivity contribution in [1.29, 1.82) is 0 Å². The van der Waals surface area contributed by atoms with Crippen LogP contribution in [0.4, 0.5) is 4.39 Å². The minimum absolute atomic E-state index is 0.00439. The minimum Gasteiger partial charge on any atom is -0.207 e. The van der Waals surface area contributed by atoms with Gasteiger partial charge in [-0.15, -0.1) is 0 Å². The van der Waals surface area contributed by atoms with E-state index in [1.54, 1.807) is 12.1 Å². The number of halogens is 2. The first-order chi connectivity index (χ1) is 9.38. The van der Waals surface area contributed by atoms with Gasteiger partial charge in [0.15, 0.2) is 0 Å². The van der Waals surface area contributed by atoms with Gasteiger partial charge in [0, 0.05) is 6.54 Å². The molecule has 0 atom stereocenters. The van der Waals surface area contributed by atoms with Gasteiger partial charge in [0.25, 0.3) is 0 Å². The molecule has 3 nitrogen and oxygen atoms in total. The lowest BCUT2D eigenvalue weighted by molar-refractivity contribution is 0.580. The van der Waals surface area contributed by atoms with E-state index >= 15 is 0 Å². The van der Waals surface area contributed by atoms with E-state index in [2.05, 4.69) is 10.8 Å². The number of sulfonamides is 1. The molecular weight excluding hydrogens is 301 g/mol. The molecular formula is C14H12ClFNO2S. The van der Waals surface area contributed by atoms with Gasteiger partial charge in [0.1, 0.15) is 5.82 Å². The molecule has 2 aromatic carbocycles. The smallest absolute Gasteiger partial charge is 0.207 e. The third-order valence-corrected chi connectivity index (χ3v) is 4.41. The topological polar surface area (TPSA) is 46.2 Å². The van der Waals surface area contributed by atoms with Crippen LogP contribution in [-0.2, 0) is 16.6 Å². The van der Waals surface area contributed by atoms with Gasteiger partial charge in [-0.2, -0.15) is 0 Å². The maximum absolute atomic E-state index is 13.3. The Balaban J connectivity index is 2.13. The van der Waals surface area contributed by atoms with Crippen molar-refractivity contribution in [3.8, 4) is 0 Å². The number of hydrogen-bond acceptors (Lipinski definition) is 2. The summed E-state index contributed by atoms with van der Waals surface area (Å²) in [7, 11) is -3.63. The van der Waals surface area contributed by atoms with E-state index in [1.807, 2.05) is 6.92 Å². The molecule has 20 heavy (non-hydrogen) atoms. The van der Waals surface area contributed by atoms with Gasteiger partial charge in [0.2, 0.25) is 10.0 Å². The molecule has 2 aromatic rings. The zero-order chi connectivity index (χ0) is 14.8. The summed E-state index contributed by atoms with van der Waals surface area (Å²) in [4.78, 5) is 0.123. The second-order valence-corrected chi connectivity index (χ2v) is 6.45. The van der Waals surface area contributed by atoms with Crippen LogP contribution >= 0.6 is 11.6 Å². The molecule has 0 amide bonds. The Hall–Kier alpha value is -1.43. The fourth-order valence-electron chi connectivity index (χ4n) is 1.57. The van der Waals surface area contributed by atoms with Crippen LogP contribution in [0.25, 0.3) is 0 Å².